The normalized spacial score (nSPS) is 25.0. The third kappa shape index (κ3) is 4.39. The summed E-state index contributed by atoms with van der Waals surface area (Å²) < 4.78 is 0. The summed E-state index contributed by atoms with van der Waals surface area (Å²) in [6, 6.07) is 8.39. The van der Waals surface area contributed by atoms with Crippen molar-refractivity contribution < 1.29 is 9.59 Å². The van der Waals surface area contributed by atoms with E-state index in [9.17, 15) is 9.59 Å². The topological polar surface area (TPSA) is 70.2 Å². The first-order valence-electron chi connectivity index (χ1n) is 8.28. The first kappa shape index (κ1) is 17.5. The summed E-state index contributed by atoms with van der Waals surface area (Å²) in [6.45, 7) is 0. The Labute approximate surface area is 151 Å². The van der Waals surface area contributed by atoms with Crippen molar-refractivity contribution in [1.29, 1.82) is 0 Å². The van der Waals surface area contributed by atoms with Gasteiger partial charge in [0.05, 0.1) is 12.1 Å². The van der Waals surface area contributed by atoms with Crippen molar-refractivity contribution in [2.24, 2.45) is 0 Å². The second-order valence-electron chi connectivity index (χ2n) is 6.15. The van der Waals surface area contributed by atoms with Crippen molar-refractivity contribution in [3.63, 3.8) is 0 Å². The van der Waals surface area contributed by atoms with Crippen LogP contribution in [0.5, 0.6) is 0 Å². The third-order valence-corrected chi connectivity index (χ3v) is 6.67. The number of anilines is 1. The Kier molecular flexibility index (Phi) is 5.94. The molecule has 7 heteroatoms. The summed E-state index contributed by atoms with van der Waals surface area (Å²) in [5.41, 5.74) is 0.862. The maximum absolute atomic E-state index is 12.0. The first-order valence-corrected chi connectivity index (χ1v) is 10.6. The lowest BCUT2D eigenvalue weighted by molar-refractivity contribution is -0.116. The molecule has 1 aromatic carbocycles. The summed E-state index contributed by atoms with van der Waals surface area (Å²) in [4.78, 5) is 24.5. The molecule has 3 amide bonds. The Morgan fingerprint density at radius 1 is 1.38 bits per heavy atom. The van der Waals surface area contributed by atoms with E-state index in [2.05, 4.69) is 16.0 Å². The van der Waals surface area contributed by atoms with Crippen LogP contribution in [0, 0.1) is 0 Å². The molecular weight excluding hydrogens is 342 g/mol. The molecule has 0 saturated carbocycles. The number of carbonyl (C=O) groups is 2. The number of urea groups is 1. The Morgan fingerprint density at radius 2 is 2.25 bits per heavy atom. The van der Waals surface area contributed by atoms with Crippen LogP contribution in [-0.4, -0.2) is 41.3 Å². The van der Waals surface area contributed by atoms with Gasteiger partial charge in [0.25, 0.3) is 0 Å². The van der Waals surface area contributed by atoms with Crippen LogP contribution in [-0.2, 0) is 4.79 Å². The van der Waals surface area contributed by atoms with Gasteiger partial charge in [-0.25, -0.2) is 4.79 Å². The lowest BCUT2D eigenvalue weighted by Gasteiger charge is -2.16. The Bertz CT molecular complexity index is 611. The fourth-order valence-electron chi connectivity index (χ4n) is 3.20. The van der Waals surface area contributed by atoms with Gasteiger partial charge in [0.2, 0.25) is 5.91 Å². The summed E-state index contributed by atoms with van der Waals surface area (Å²) in [6.07, 6.45) is 5.50. The molecule has 2 saturated heterocycles. The molecule has 0 radical (unpaired) electrons. The van der Waals surface area contributed by atoms with Crippen molar-refractivity contribution in [3.8, 4) is 0 Å². The van der Waals surface area contributed by atoms with E-state index < -0.39 is 0 Å². The van der Waals surface area contributed by atoms with Crippen molar-refractivity contribution in [2.75, 3.05) is 17.3 Å². The Morgan fingerprint density at radius 3 is 3.08 bits per heavy atom. The highest BCUT2D eigenvalue weighted by molar-refractivity contribution is 8.00. The van der Waals surface area contributed by atoms with Gasteiger partial charge in [-0.15, -0.1) is 11.8 Å². The minimum atomic E-state index is -0.0397. The van der Waals surface area contributed by atoms with Gasteiger partial charge in [0.15, 0.2) is 0 Å². The molecule has 1 aromatic rings. The minimum Gasteiger partial charge on any atom is -0.332 e. The van der Waals surface area contributed by atoms with Crippen LogP contribution in [0.25, 0.3) is 0 Å². The Balaban J connectivity index is 1.36. The van der Waals surface area contributed by atoms with E-state index in [4.69, 9.17) is 0 Å². The van der Waals surface area contributed by atoms with Crippen LogP contribution >= 0.6 is 23.5 Å². The van der Waals surface area contributed by atoms with Crippen LogP contribution in [0.1, 0.15) is 25.7 Å². The molecule has 3 N–H and O–H groups in total. The molecule has 0 unspecified atom stereocenters. The zero-order valence-electron chi connectivity index (χ0n) is 13.7. The van der Waals surface area contributed by atoms with Crippen LogP contribution in [0.2, 0.25) is 0 Å². The van der Waals surface area contributed by atoms with Crippen LogP contribution < -0.4 is 16.0 Å². The van der Waals surface area contributed by atoms with Crippen LogP contribution in [0.3, 0.4) is 0 Å². The highest BCUT2D eigenvalue weighted by Gasteiger charge is 2.42. The number of thioether (sulfide) groups is 2. The second-order valence-corrected chi connectivity index (χ2v) is 8.30. The van der Waals surface area contributed by atoms with Crippen molar-refractivity contribution >= 4 is 41.1 Å². The molecule has 2 aliphatic heterocycles. The van der Waals surface area contributed by atoms with Crippen molar-refractivity contribution in [3.05, 3.63) is 24.3 Å². The van der Waals surface area contributed by atoms with Crippen molar-refractivity contribution in [2.45, 2.75) is 47.9 Å². The quantitative estimate of drug-likeness (QED) is 0.395. The maximum Gasteiger partial charge on any atom is 0.315 e. The number of rotatable bonds is 7. The molecule has 130 valence electrons. The summed E-state index contributed by atoms with van der Waals surface area (Å²) in [7, 11) is 0. The van der Waals surface area contributed by atoms with E-state index in [-0.39, 0.29) is 24.0 Å². The Hall–Kier alpha value is -1.34. The predicted octanol–water partition coefficient (Wildman–Crippen LogP) is 3.07. The van der Waals surface area contributed by atoms with E-state index in [0.717, 1.165) is 35.6 Å². The largest absolute Gasteiger partial charge is 0.332 e. The first-order chi connectivity index (χ1) is 11.7. The van der Waals surface area contributed by atoms with Crippen LogP contribution in [0.15, 0.2) is 29.2 Å². The van der Waals surface area contributed by atoms with Gasteiger partial charge >= 0.3 is 6.03 Å². The highest BCUT2D eigenvalue weighted by atomic mass is 32.2. The lowest BCUT2D eigenvalue weighted by Crippen LogP contribution is -2.36. The molecule has 0 bridgehead atoms. The second kappa shape index (κ2) is 8.16. The maximum atomic E-state index is 12.0. The summed E-state index contributed by atoms with van der Waals surface area (Å²) >= 11 is 3.59. The number of unbranched alkanes of at least 4 members (excludes halogenated alkanes) is 1. The van der Waals surface area contributed by atoms with Gasteiger partial charge in [-0.1, -0.05) is 12.5 Å². The van der Waals surface area contributed by atoms with Gasteiger partial charge in [0, 0.05) is 28.0 Å². The van der Waals surface area contributed by atoms with Gasteiger partial charge in [-0.05, 0) is 37.3 Å². The smallest absolute Gasteiger partial charge is 0.315 e. The molecule has 0 aliphatic carbocycles. The average molecular weight is 366 g/mol. The number of fused-ring (bicyclic) bond motifs is 1. The predicted molar refractivity (Wildman–Crippen MR) is 101 cm³/mol. The number of benzene rings is 1. The van der Waals surface area contributed by atoms with Crippen LogP contribution in [0.4, 0.5) is 10.5 Å². The minimum absolute atomic E-state index is 0.0397. The average Bonchev–Trinajstić information content (AvgIpc) is 3.11. The van der Waals surface area contributed by atoms with E-state index >= 15 is 0 Å². The monoisotopic (exact) mass is 365 g/mol. The van der Waals surface area contributed by atoms with Crippen molar-refractivity contribution in [1.82, 2.24) is 10.6 Å². The number of hydrogen-bond donors (Lipinski definition) is 3. The molecule has 3 rings (SSSR count). The molecule has 2 fully saturated rings. The molecule has 2 aliphatic rings. The SMILES string of the molecule is CSc1cccc(NC(=O)CCCC[C@@H]2SC[C@H]3NC(=O)N[C@H]23)c1. The third-order valence-electron chi connectivity index (χ3n) is 4.43. The van der Waals surface area contributed by atoms with E-state index in [1.807, 2.05) is 42.3 Å². The molecule has 24 heavy (non-hydrogen) atoms. The zero-order valence-corrected chi connectivity index (χ0v) is 15.3. The lowest BCUT2D eigenvalue weighted by atomic mass is 10.0. The number of carbonyl (C=O) groups excluding carboxylic acids is 2. The molecule has 0 spiro atoms. The molecule has 5 nitrogen and oxygen atoms in total. The molecule has 0 aromatic heterocycles. The highest BCUT2D eigenvalue weighted by Crippen LogP contribution is 2.33. The standard InChI is InChI=1S/C17H23N3O2S2/c1-23-12-6-4-5-11(9-12)18-15(21)8-3-2-7-14-16-13(10-24-14)19-17(22)20-16/h4-6,9,13-14,16H,2-3,7-8,10H2,1H3,(H,18,21)(H2,19,20,22)/t13-,14+,16+/m1/s1. The molecule has 3 atom stereocenters. The van der Waals surface area contributed by atoms with E-state index in [0.29, 0.717) is 11.7 Å². The summed E-state index contributed by atoms with van der Waals surface area (Å²) in [5.74, 6) is 1.06. The number of nitrogens with one attached hydrogen (secondary N) is 3. The van der Waals surface area contributed by atoms with Gasteiger partial charge < -0.3 is 16.0 Å². The zero-order chi connectivity index (χ0) is 16.9. The number of hydrogen-bond acceptors (Lipinski definition) is 4. The van der Waals surface area contributed by atoms with Gasteiger partial charge in [0.1, 0.15) is 0 Å². The fourth-order valence-corrected chi connectivity index (χ4v) is 5.20. The van der Waals surface area contributed by atoms with Gasteiger partial charge in [-0.2, -0.15) is 11.8 Å². The fraction of sp³-hybridized carbons (Fsp3) is 0.529. The van der Waals surface area contributed by atoms with E-state index in [1.54, 1.807) is 11.8 Å². The van der Waals surface area contributed by atoms with E-state index in [1.165, 1.54) is 0 Å². The van der Waals surface area contributed by atoms with Gasteiger partial charge in [-0.3, -0.25) is 4.79 Å². The molecule has 2 heterocycles. The summed E-state index contributed by atoms with van der Waals surface area (Å²) in [5, 5.41) is 9.39. The molecular formula is C17H23N3O2S2. The number of amides is 3.